The molecule has 1 rings (SSSR count). The van der Waals surface area contributed by atoms with E-state index in [2.05, 4.69) is 23.9 Å². The summed E-state index contributed by atoms with van der Waals surface area (Å²) in [5.41, 5.74) is 2.05. The van der Waals surface area contributed by atoms with E-state index in [4.69, 9.17) is 4.74 Å². The van der Waals surface area contributed by atoms with Crippen molar-refractivity contribution in [3.05, 3.63) is 29.3 Å². The molecule has 0 aliphatic carbocycles. The molecule has 1 aromatic rings. The molecule has 1 aromatic carbocycles. The van der Waals surface area contributed by atoms with Crippen LogP contribution in [0.15, 0.2) is 23.8 Å². The first-order valence-electron chi connectivity index (χ1n) is 7.02. The van der Waals surface area contributed by atoms with Gasteiger partial charge in [-0.25, -0.2) is 0 Å². The number of benzene rings is 1. The number of alkyl halides is 2. The maximum Gasteiger partial charge on any atom is 0.387 e. The van der Waals surface area contributed by atoms with E-state index in [1.165, 1.54) is 13.2 Å². The topological polar surface area (TPSA) is 30.5 Å². The van der Waals surface area contributed by atoms with Gasteiger partial charge in [-0.2, -0.15) is 8.78 Å². The maximum absolute atomic E-state index is 12.3. The van der Waals surface area contributed by atoms with Crippen molar-refractivity contribution in [3.63, 3.8) is 0 Å². The quantitative estimate of drug-likeness (QED) is 0.784. The smallest absolute Gasteiger partial charge is 0.387 e. The summed E-state index contributed by atoms with van der Waals surface area (Å²) in [7, 11) is 1.43. The molecule has 0 fully saturated rings. The maximum atomic E-state index is 12.3. The fraction of sp³-hybridized carbons (Fsp3) is 0.500. The van der Waals surface area contributed by atoms with Crippen LogP contribution >= 0.6 is 0 Å². The Morgan fingerprint density at radius 1 is 1.33 bits per heavy atom. The fourth-order valence-electron chi connectivity index (χ4n) is 1.88. The third-order valence-corrected chi connectivity index (χ3v) is 3.18. The molecule has 0 saturated heterocycles. The molecule has 1 atom stereocenters. The van der Waals surface area contributed by atoms with Gasteiger partial charge in [0.1, 0.15) is 0 Å². The summed E-state index contributed by atoms with van der Waals surface area (Å²) in [5.74, 6) is 0.338. The van der Waals surface area contributed by atoms with Crippen LogP contribution in [0.1, 0.15) is 32.8 Å². The summed E-state index contributed by atoms with van der Waals surface area (Å²) in [4.78, 5) is 0. The van der Waals surface area contributed by atoms with E-state index in [-0.39, 0.29) is 11.8 Å². The highest BCUT2D eigenvalue weighted by Crippen LogP contribution is 2.30. The van der Waals surface area contributed by atoms with Crippen molar-refractivity contribution in [1.82, 2.24) is 5.32 Å². The van der Waals surface area contributed by atoms with E-state index < -0.39 is 6.61 Å². The van der Waals surface area contributed by atoms with Gasteiger partial charge in [0, 0.05) is 6.04 Å². The largest absolute Gasteiger partial charge is 0.493 e. The molecule has 0 heterocycles. The highest BCUT2D eigenvalue weighted by molar-refractivity contribution is 5.58. The highest BCUT2D eigenvalue weighted by atomic mass is 19.3. The Kier molecular flexibility index (Phi) is 7.15. The summed E-state index contributed by atoms with van der Waals surface area (Å²) >= 11 is 0. The second-order valence-electron chi connectivity index (χ2n) is 4.85. The van der Waals surface area contributed by atoms with Gasteiger partial charge < -0.3 is 14.8 Å². The lowest BCUT2D eigenvalue weighted by atomic mass is 10.1. The first-order valence-corrected chi connectivity index (χ1v) is 7.02. The summed E-state index contributed by atoms with van der Waals surface area (Å²) in [6.07, 6.45) is 3.08. The minimum atomic E-state index is -2.86. The van der Waals surface area contributed by atoms with Crippen molar-refractivity contribution >= 4 is 6.08 Å². The molecule has 21 heavy (non-hydrogen) atoms. The Morgan fingerprint density at radius 3 is 2.62 bits per heavy atom. The molecule has 5 heteroatoms. The van der Waals surface area contributed by atoms with Gasteiger partial charge in [-0.05, 0) is 44.5 Å². The number of rotatable bonds is 8. The lowest BCUT2D eigenvalue weighted by molar-refractivity contribution is -0.0512. The van der Waals surface area contributed by atoms with Gasteiger partial charge in [-0.1, -0.05) is 24.6 Å². The van der Waals surface area contributed by atoms with Crippen LogP contribution in [0.5, 0.6) is 11.5 Å². The molecule has 118 valence electrons. The lowest BCUT2D eigenvalue weighted by Crippen LogP contribution is -2.27. The lowest BCUT2D eigenvalue weighted by Gasteiger charge is -2.15. The zero-order valence-corrected chi connectivity index (χ0v) is 13.0. The molecule has 0 bridgehead atoms. The molecule has 3 nitrogen and oxygen atoms in total. The second-order valence-corrected chi connectivity index (χ2v) is 4.85. The second kappa shape index (κ2) is 8.62. The van der Waals surface area contributed by atoms with Crippen molar-refractivity contribution in [3.8, 4) is 11.5 Å². The summed E-state index contributed by atoms with van der Waals surface area (Å²) in [6.45, 7) is 4.33. The van der Waals surface area contributed by atoms with Crippen LogP contribution in [0.25, 0.3) is 6.08 Å². The van der Waals surface area contributed by atoms with Crippen LogP contribution in [0.4, 0.5) is 8.78 Å². The van der Waals surface area contributed by atoms with E-state index in [0.717, 1.165) is 24.1 Å². The van der Waals surface area contributed by atoms with Gasteiger partial charge in [-0.3, -0.25) is 0 Å². The Labute approximate surface area is 124 Å². The standard InChI is InChI=1S/C16H23F2NO2/c1-5-8-19-12(3)11(2)9-13-6-7-14(21-16(17)18)15(10-13)20-4/h6-7,9-10,12,16,19H,5,8H2,1-4H3/b11-9+. The zero-order valence-electron chi connectivity index (χ0n) is 13.0. The molecule has 0 aromatic heterocycles. The van der Waals surface area contributed by atoms with Crippen LogP contribution in [-0.2, 0) is 0 Å². The number of hydrogen-bond acceptors (Lipinski definition) is 3. The summed E-state index contributed by atoms with van der Waals surface area (Å²) in [5, 5.41) is 3.39. The van der Waals surface area contributed by atoms with Gasteiger partial charge >= 0.3 is 6.61 Å². The predicted molar refractivity (Wildman–Crippen MR) is 81.0 cm³/mol. The molecule has 0 aliphatic heterocycles. The first kappa shape index (κ1) is 17.4. The van der Waals surface area contributed by atoms with Gasteiger partial charge in [0.15, 0.2) is 11.5 Å². The van der Waals surface area contributed by atoms with Crippen molar-refractivity contribution in [2.45, 2.75) is 39.8 Å². The fourth-order valence-corrected chi connectivity index (χ4v) is 1.88. The molecule has 0 spiro atoms. The average Bonchev–Trinajstić information content (AvgIpc) is 2.45. The number of nitrogens with one attached hydrogen (secondary N) is 1. The van der Waals surface area contributed by atoms with E-state index in [1.54, 1.807) is 12.1 Å². The van der Waals surface area contributed by atoms with Crippen LogP contribution in [0.2, 0.25) is 0 Å². The molecular formula is C16H23F2NO2. The molecule has 1 unspecified atom stereocenters. The summed E-state index contributed by atoms with van der Waals surface area (Å²) < 4.78 is 34.0. The molecule has 0 radical (unpaired) electrons. The third-order valence-electron chi connectivity index (χ3n) is 3.18. The molecular weight excluding hydrogens is 276 g/mol. The number of halogens is 2. The number of methoxy groups -OCH3 is 1. The van der Waals surface area contributed by atoms with Crippen LogP contribution < -0.4 is 14.8 Å². The number of hydrogen-bond donors (Lipinski definition) is 1. The van der Waals surface area contributed by atoms with E-state index in [1.807, 2.05) is 13.0 Å². The summed E-state index contributed by atoms with van der Waals surface area (Å²) in [6, 6.07) is 5.17. The molecule has 1 N–H and O–H groups in total. The molecule has 0 amide bonds. The van der Waals surface area contributed by atoms with Crippen molar-refractivity contribution in [2.75, 3.05) is 13.7 Å². The Bertz CT molecular complexity index is 475. The van der Waals surface area contributed by atoms with Crippen molar-refractivity contribution in [1.29, 1.82) is 0 Å². The Morgan fingerprint density at radius 2 is 2.05 bits per heavy atom. The minimum absolute atomic E-state index is 0.0412. The normalized spacial score (nSPS) is 13.4. The van der Waals surface area contributed by atoms with Gasteiger partial charge in [0.2, 0.25) is 0 Å². The minimum Gasteiger partial charge on any atom is -0.493 e. The van der Waals surface area contributed by atoms with Crippen LogP contribution in [0.3, 0.4) is 0 Å². The Hall–Kier alpha value is -1.62. The van der Waals surface area contributed by atoms with Crippen molar-refractivity contribution in [2.24, 2.45) is 0 Å². The highest BCUT2D eigenvalue weighted by Gasteiger charge is 2.11. The number of ether oxygens (including phenoxy) is 2. The van der Waals surface area contributed by atoms with E-state index >= 15 is 0 Å². The van der Waals surface area contributed by atoms with Gasteiger partial charge in [0.05, 0.1) is 7.11 Å². The van der Waals surface area contributed by atoms with Gasteiger partial charge in [-0.15, -0.1) is 0 Å². The van der Waals surface area contributed by atoms with Crippen LogP contribution in [-0.4, -0.2) is 26.3 Å². The molecule has 0 saturated carbocycles. The van der Waals surface area contributed by atoms with E-state index in [0.29, 0.717) is 5.75 Å². The predicted octanol–water partition coefficient (Wildman–Crippen LogP) is 4.09. The molecule has 0 aliphatic rings. The zero-order chi connectivity index (χ0) is 15.8. The average molecular weight is 299 g/mol. The van der Waals surface area contributed by atoms with Crippen LogP contribution in [0, 0.1) is 0 Å². The van der Waals surface area contributed by atoms with E-state index in [9.17, 15) is 8.78 Å². The van der Waals surface area contributed by atoms with Crippen molar-refractivity contribution < 1.29 is 18.3 Å². The van der Waals surface area contributed by atoms with Gasteiger partial charge in [0.25, 0.3) is 0 Å². The third kappa shape index (κ3) is 5.71. The monoisotopic (exact) mass is 299 g/mol. The SMILES string of the molecule is CCCNC(C)/C(C)=C/c1ccc(OC(F)F)c(OC)c1. The Balaban J connectivity index is 2.88. The first-order chi connectivity index (χ1) is 9.97.